The second-order valence-electron chi connectivity index (χ2n) is 6.74. The van der Waals surface area contributed by atoms with Gasteiger partial charge >= 0.3 is 0 Å². The molecule has 0 bridgehead atoms. The molecule has 156 valence electrons. The van der Waals surface area contributed by atoms with Crippen molar-refractivity contribution < 1.29 is 4.74 Å². The molecule has 0 radical (unpaired) electrons. The summed E-state index contributed by atoms with van der Waals surface area (Å²) in [6, 6.07) is 21.2. The summed E-state index contributed by atoms with van der Waals surface area (Å²) in [7, 11) is 0. The Morgan fingerprint density at radius 2 is 1.29 bits per heavy atom. The van der Waals surface area contributed by atoms with Crippen LogP contribution in [-0.4, -0.2) is 31.1 Å². The third-order valence-corrected chi connectivity index (χ3v) is 5.17. The number of likely N-dealkylation sites (tertiary alicyclic amines) is 1. The summed E-state index contributed by atoms with van der Waals surface area (Å²) >= 11 is 0. The molecule has 1 fully saturated rings. The lowest BCUT2D eigenvalue weighted by Crippen LogP contribution is -2.33. The molecule has 0 aromatic heterocycles. The average molecular weight is 384 g/mol. The highest BCUT2D eigenvalue weighted by molar-refractivity contribution is 5.29. The Hall–Kier alpha value is -1.64. The van der Waals surface area contributed by atoms with Gasteiger partial charge in [-0.15, -0.1) is 0 Å². The highest BCUT2D eigenvalue weighted by atomic mass is 16.5. The van der Waals surface area contributed by atoms with E-state index in [0.29, 0.717) is 0 Å². The molecule has 0 N–H and O–H groups in total. The zero-order chi connectivity index (χ0) is 20.6. The summed E-state index contributed by atoms with van der Waals surface area (Å²) in [5.41, 5.74) is 2.48. The molecule has 0 amide bonds. The van der Waals surface area contributed by atoms with Gasteiger partial charge in [-0.3, -0.25) is 0 Å². The maximum atomic E-state index is 6.36. The molecule has 2 nitrogen and oxygen atoms in total. The Labute approximate surface area is 173 Å². The van der Waals surface area contributed by atoms with Gasteiger partial charge in [-0.1, -0.05) is 95.3 Å². The second kappa shape index (κ2) is 15.3. The minimum Gasteiger partial charge on any atom is -0.369 e. The third-order valence-electron chi connectivity index (χ3n) is 5.17. The van der Waals surface area contributed by atoms with E-state index in [-0.39, 0.29) is 6.10 Å². The van der Waals surface area contributed by atoms with Crippen molar-refractivity contribution in [2.24, 2.45) is 5.92 Å². The first-order chi connectivity index (χ1) is 13.9. The van der Waals surface area contributed by atoms with E-state index >= 15 is 0 Å². The SMILES string of the molecule is CC.CC.CCN1CCC(CCOC(c2ccccc2)c2ccccc2)CC1. The van der Waals surface area contributed by atoms with Crippen LogP contribution in [0.25, 0.3) is 0 Å². The van der Waals surface area contributed by atoms with Gasteiger partial charge in [0.1, 0.15) is 6.10 Å². The largest absolute Gasteiger partial charge is 0.369 e. The summed E-state index contributed by atoms with van der Waals surface area (Å²) in [4.78, 5) is 2.55. The number of benzene rings is 2. The maximum Gasteiger partial charge on any atom is 0.108 e. The zero-order valence-electron chi connectivity index (χ0n) is 18.7. The van der Waals surface area contributed by atoms with Gasteiger partial charge in [-0.05, 0) is 55.9 Å². The normalized spacial score (nSPS) is 14.6. The van der Waals surface area contributed by atoms with Crippen molar-refractivity contribution in [3.8, 4) is 0 Å². The standard InChI is InChI=1S/C22H29NO.2C2H6/c1-2-23-16-13-19(14-17-23)15-18-24-22(20-9-5-3-6-10-20)21-11-7-4-8-12-21;2*1-2/h3-12,19,22H,2,13-18H2,1H3;2*1-2H3. The van der Waals surface area contributed by atoms with Crippen LogP contribution < -0.4 is 0 Å². The molecule has 1 heterocycles. The molecule has 0 spiro atoms. The molecule has 2 aromatic carbocycles. The molecule has 1 aliphatic heterocycles. The van der Waals surface area contributed by atoms with Crippen LogP contribution in [0.4, 0.5) is 0 Å². The van der Waals surface area contributed by atoms with Crippen LogP contribution in [0.1, 0.15) is 71.1 Å². The highest BCUT2D eigenvalue weighted by Gasteiger charge is 2.19. The predicted octanol–water partition coefficient (Wildman–Crippen LogP) is 6.97. The van der Waals surface area contributed by atoms with E-state index in [1.807, 2.05) is 27.7 Å². The quantitative estimate of drug-likeness (QED) is 0.512. The van der Waals surface area contributed by atoms with Crippen molar-refractivity contribution in [1.82, 2.24) is 4.90 Å². The van der Waals surface area contributed by atoms with E-state index in [9.17, 15) is 0 Å². The minimum atomic E-state index is 0.0446. The Balaban J connectivity index is 0.000000921. The maximum absolute atomic E-state index is 6.36. The molecule has 28 heavy (non-hydrogen) atoms. The average Bonchev–Trinajstić information content (AvgIpc) is 2.81. The molecule has 0 saturated carbocycles. The number of nitrogens with zero attached hydrogens (tertiary/aromatic N) is 1. The van der Waals surface area contributed by atoms with Gasteiger partial charge in [0.2, 0.25) is 0 Å². The third kappa shape index (κ3) is 8.16. The Morgan fingerprint density at radius 1 is 0.821 bits per heavy atom. The molecular formula is C26H41NO. The van der Waals surface area contributed by atoms with Crippen molar-refractivity contribution >= 4 is 0 Å². The van der Waals surface area contributed by atoms with Gasteiger partial charge in [-0.25, -0.2) is 0 Å². The van der Waals surface area contributed by atoms with Crippen LogP contribution in [0.5, 0.6) is 0 Å². The van der Waals surface area contributed by atoms with Crippen LogP contribution in [0.3, 0.4) is 0 Å². The van der Waals surface area contributed by atoms with Crippen LogP contribution in [0.15, 0.2) is 60.7 Å². The Kier molecular flexibility index (Phi) is 13.3. The molecule has 0 unspecified atom stereocenters. The van der Waals surface area contributed by atoms with Gasteiger partial charge < -0.3 is 9.64 Å². The first-order valence-corrected chi connectivity index (χ1v) is 11.3. The lowest BCUT2D eigenvalue weighted by atomic mass is 9.94. The van der Waals surface area contributed by atoms with E-state index in [0.717, 1.165) is 12.5 Å². The van der Waals surface area contributed by atoms with E-state index in [1.165, 1.54) is 50.0 Å². The van der Waals surface area contributed by atoms with E-state index in [2.05, 4.69) is 72.5 Å². The molecule has 2 aromatic rings. The molecular weight excluding hydrogens is 342 g/mol. The fourth-order valence-corrected chi connectivity index (χ4v) is 3.58. The zero-order valence-corrected chi connectivity index (χ0v) is 18.7. The second-order valence-corrected chi connectivity index (χ2v) is 6.74. The Morgan fingerprint density at radius 3 is 1.71 bits per heavy atom. The topological polar surface area (TPSA) is 12.5 Å². The molecule has 0 aliphatic carbocycles. The van der Waals surface area contributed by atoms with Crippen molar-refractivity contribution in [2.45, 2.75) is 60.0 Å². The van der Waals surface area contributed by atoms with E-state index in [1.54, 1.807) is 0 Å². The first-order valence-electron chi connectivity index (χ1n) is 11.3. The number of hydrogen-bond acceptors (Lipinski definition) is 2. The molecule has 1 aliphatic rings. The monoisotopic (exact) mass is 383 g/mol. The van der Waals surface area contributed by atoms with Crippen LogP contribution in [0, 0.1) is 5.92 Å². The number of piperidine rings is 1. The van der Waals surface area contributed by atoms with Crippen molar-refractivity contribution in [1.29, 1.82) is 0 Å². The number of rotatable bonds is 7. The van der Waals surface area contributed by atoms with Crippen LogP contribution in [-0.2, 0) is 4.74 Å². The van der Waals surface area contributed by atoms with E-state index < -0.39 is 0 Å². The van der Waals surface area contributed by atoms with Gasteiger partial charge in [0.15, 0.2) is 0 Å². The first kappa shape index (κ1) is 24.4. The van der Waals surface area contributed by atoms with Crippen molar-refractivity contribution in [3.05, 3.63) is 71.8 Å². The minimum absolute atomic E-state index is 0.0446. The lowest BCUT2D eigenvalue weighted by Gasteiger charge is -2.31. The fourth-order valence-electron chi connectivity index (χ4n) is 3.58. The molecule has 1 saturated heterocycles. The van der Waals surface area contributed by atoms with E-state index in [4.69, 9.17) is 4.74 Å². The summed E-state index contributed by atoms with van der Waals surface area (Å²) in [5.74, 6) is 0.819. The van der Waals surface area contributed by atoms with Gasteiger partial charge in [-0.2, -0.15) is 0 Å². The molecule has 2 heteroatoms. The Bertz CT molecular complexity index is 536. The fraction of sp³-hybridized carbons (Fsp3) is 0.538. The summed E-state index contributed by atoms with van der Waals surface area (Å²) in [6.45, 7) is 14.8. The van der Waals surface area contributed by atoms with Crippen molar-refractivity contribution in [2.75, 3.05) is 26.2 Å². The lowest BCUT2D eigenvalue weighted by molar-refractivity contribution is 0.0606. The highest BCUT2D eigenvalue weighted by Crippen LogP contribution is 2.27. The smallest absolute Gasteiger partial charge is 0.108 e. The molecule has 0 atom stereocenters. The predicted molar refractivity (Wildman–Crippen MR) is 123 cm³/mol. The van der Waals surface area contributed by atoms with Gasteiger partial charge in [0.25, 0.3) is 0 Å². The summed E-state index contributed by atoms with van der Waals surface area (Å²) < 4.78 is 6.36. The summed E-state index contributed by atoms with van der Waals surface area (Å²) in [5, 5.41) is 0. The number of hydrogen-bond donors (Lipinski definition) is 0. The summed E-state index contributed by atoms with van der Waals surface area (Å²) in [6.07, 6.45) is 3.85. The van der Waals surface area contributed by atoms with Crippen LogP contribution >= 0.6 is 0 Å². The number of ether oxygens (including phenoxy) is 1. The van der Waals surface area contributed by atoms with Crippen molar-refractivity contribution in [3.63, 3.8) is 0 Å². The van der Waals surface area contributed by atoms with Gasteiger partial charge in [0, 0.05) is 6.61 Å². The van der Waals surface area contributed by atoms with Gasteiger partial charge in [0.05, 0.1) is 0 Å². The van der Waals surface area contributed by atoms with Crippen LogP contribution in [0.2, 0.25) is 0 Å². The molecule has 3 rings (SSSR count).